The summed E-state index contributed by atoms with van der Waals surface area (Å²) in [5, 5.41) is 0. The van der Waals surface area contributed by atoms with Crippen LogP contribution in [0.15, 0.2) is 29.2 Å². The van der Waals surface area contributed by atoms with Crippen LogP contribution in [-0.4, -0.2) is 23.5 Å². The van der Waals surface area contributed by atoms with Gasteiger partial charge in [-0.05, 0) is 17.7 Å². The zero-order chi connectivity index (χ0) is 10.6. The highest BCUT2D eigenvalue weighted by atomic mass is 32.2. The van der Waals surface area contributed by atoms with E-state index in [0.29, 0.717) is 0 Å². The van der Waals surface area contributed by atoms with E-state index >= 15 is 0 Å². The Morgan fingerprint density at radius 1 is 1.36 bits per heavy atom. The van der Waals surface area contributed by atoms with E-state index in [9.17, 15) is 9.00 Å². The number of carbonyl (C=O) groups excluding carboxylic acids is 1. The fourth-order valence-corrected chi connectivity index (χ4v) is 1.56. The van der Waals surface area contributed by atoms with Crippen molar-refractivity contribution in [2.75, 3.05) is 13.4 Å². The Kier molecular flexibility index (Phi) is 3.83. The molecule has 0 aromatic heterocycles. The lowest BCUT2D eigenvalue weighted by molar-refractivity contribution is -0.139. The van der Waals surface area contributed by atoms with Crippen molar-refractivity contribution in [3.8, 4) is 0 Å². The van der Waals surface area contributed by atoms with Gasteiger partial charge in [0, 0.05) is 22.0 Å². The van der Waals surface area contributed by atoms with E-state index in [0.717, 1.165) is 10.5 Å². The SMILES string of the molecule is COC(=O)Cc1ccc(S(C)=O)cc1. The lowest BCUT2D eigenvalue weighted by Gasteiger charge is -2.00. The van der Waals surface area contributed by atoms with Gasteiger partial charge < -0.3 is 4.74 Å². The maximum atomic E-state index is 11.1. The quantitative estimate of drug-likeness (QED) is 0.706. The van der Waals surface area contributed by atoms with E-state index in [2.05, 4.69) is 4.74 Å². The number of hydrogen-bond acceptors (Lipinski definition) is 3. The van der Waals surface area contributed by atoms with Gasteiger partial charge in [-0.25, -0.2) is 0 Å². The van der Waals surface area contributed by atoms with Crippen LogP contribution in [0.1, 0.15) is 5.56 Å². The normalized spacial score (nSPS) is 12.1. The predicted molar refractivity (Wildman–Crippen MR) is 54.5 cm³/mol. The van der Waals surface area contributed by atoms with E-state index in [-0.39, 0.29) is 12.4 Å². The number of benzene rings is 1. The van der Waals surface area contributed by atoms with Crippen LogP contribution >= 0.6 is 0 Å². The summed E-state index contributed by atoms with van der Waals surface area (Å²) in [6, 6.07) is 7.09. The Morgan fingerprint density at radius 3 is 2.36 bits per heavy atom. The second kappa shape index (κ2) is 4.91. The van der Waals surface area contributed by atoms with Gasteiger partial charge in [-0.3, -0.25) is 9.00 Å². The minimum absolute atomic E-state index is 0.257. The highest BCUT2D eigenvalue weighted by Gasteiger charge is 2.03. The number of carbonyl (C=O) groups is 1. The fourth-order valence-electron chi connectivity index (χ4n) is 1.04. The van der Waals surface area contributed by atoms with Gasteiger partial charge in [0.2, 0.25) is 0 Å². The third kappa shape index (κ3) is 2.96. The van der Waals surface area contributed by atoms with Crippen LogP contribution in [0.5, 0.6) is 0 Å². The second-order valence-electron chi connectivity index (χ2n) is 2.85. The van der Waals surface area contributed by atoms with Crippen LogP contribution < -0.4 is 0 Å². The van der Waals surface area contributed by atoms with Gasteiger partial charge in [0.1, 0.15) is 0 Å². The summed E-state index contributed by atoms with van der Waals surface area (Å²) in [5.74, 6) is -0.268. The van der Waals surface area contributed by atoms with Crippen molar-refractivity contribution >= 4 is 16.8 Å². The Hall–Kier alpha value is -1.16. The lowest BCUT2D eigenvalue weighted by atomic mass is 10.2. The first-order valence-corrected chi connectivity index (χ1v) is 5.68. The molecule has 0 bridgehead atoms. The molecular weight excluding hydrogens is 200 g/mol. The van der Waals surface area contributed by atoms with E-state index in [4.69, 9.17) is 0 Å². The molecule has 3 nitrogen and oxygen atoms in total. The van der Waals surface area contributed by atoms with Crippen molar-refractivity contribution in [1.82, 2.24) is 0 Å². The van der Waals surface area contributed by atoms with Crippen molar-refractivity contribution in [3.05, 3.63) is 29.8 Å². The first-order chi connectivity index (χ1) is 6.63. The highest BCUT2D eigenvalue weighted by molar-refractivity contribution is 7.84. The summed E-state index contributed by atoms with van der Waals surface area (Å²) in [7, 11) is 0.391. The van der Waals surface area contributed by atoms with E-state index in [1.165, 1.54) is 7.11 Å². The van der Waals surface area contributed by atoms with E-state index < -0.39 is 10.8 Å². The van der Waals surface area contributed by atoms with E-state index in [1.807, 2.05) is 0 Å². The van der Waals surface area contributed by atoms with Crippen LogP contribution in [0.3, 0.4) is 0 Å². The monoisotopic (exact) mass is 212 g/mol. The zero-order valence-corrected chi connectivity index (χ0v) is 8.97. The summed E-state index contributed by atoms with van der Waals surface area (Å²) >= 11 is 0. The molecule has 0 radical (unpaired) electrons. The first-order valence-electron chi connectivity index (χ1n) is 4.12. The molecule has 0 spiro atoms. The molecule has 0 aliphatic carbocycles. The average Bonchev–Trinajstić information content (AvgIpc) is 2.18. The maximum absolute atomic E-state index is 11.1. The molecule has 76 valence electrons. The summed E-state index contributed by atoms with van der Waals surface area (Å²) in [5.41, 5.74) is 0.867. The third-order valence-corrected chi connectivity index (χ3v) is 2.77. The molecule has 1 unspecified atom stereocenters. The molecule has 1 atom stereocenters. The molecule has 4 heteroatoms. The second-order valence-corrected chi connectivity index (χ2v) is 4.23. The zero-order valence-electron chi connectivity index (χ0n) is 8.15. The predicted octanol–water partition coefficient (Wildman–Crippen LogP) is 1.14. The van der Waals surface area contributed by atoms with Crippen LogP contribution in [0.4, 0.5) is 0 Å². The molecule has 1 aromatic rings. The van der Waals surface area contributed by atoms with Crippen LogP contribution in [0.25, 0.3) is 0 Å². The van der Waals surface area contributed by atoms with Gasteiger partial charge in [0.05, 0.1) is 13.5 Å². The molecule has 1 aromatic carbocycles. The summed E-state index contributed by atoms with van der Waals surface area (Å²) < 4.78 is 15.6. The Labute approximate surface area is 85.5 Å². The number of rotatable bonds is 3. The third-order valence-electron chi connectivity index (χ3n) is 1.83. The standard InChI is InChI=1S/C10H12O3S/c1-13-10(11)7-8-3-5-9(6-4-8)14(2)12/h3-6H,7H2,1-2H3. The van der Waals surface area contributed by atoms with Crippen LogP contribution in [0, 0.1) is 0 Å². The average molecular weight is 212 g/mol. The Morgan fingerprint density at radius 2 is 1.93 bits per heavy atom. The van der Waals surface area contributed by atoms with Crippen LogP contribution in [0.2, 0.25) is 0 Å². The summed E-state index contributed by atoms with van der Waals surface area (Å²) in [6.07, 6.45) is 1.88. The molecule has 0 fully saturated rings. The molecule has 0 N–H and O–H groups in total. The molecule has 0 saturated heterocycles. The van der Waals surface area contributed by atoms with Crippen molar-refractivity contribution in [2.45, 2.75) is 11.3 Å². The van der Waals surface area contributed by atoms with Crippen LogP contribution in [-0.2, 0) is 26.8 Å². The van der Waals surface area contributed by atoms with Gasteiger partial charge in [0.25, 0.3) is 0 Å². The minimum atomic E-state index is -0.968. The molecular formula is C10H12O3S. The minimum Gasteiger partial charge on any atom is -0.469 e. The number of methoxy groups -OCH3 is 1. The molecule has 0 amide bonds. The molecule has 0 saturated carbocycles. The summed E-state index contributed by atoms with van der Waals surface area (Å²) in [6.45, 7) is 0. The molecule has 0 aliphatic heterocycles. The van der Waals surface area contributed by atoms with Crippen molar-refractivity contribution < 1.29 is 13.7 Å². The van der Waals surface area contributed by atoms with Gasteiger partial charge in [0.15, 0.2) is 0 Å². The topological polar surface area (TPSA) is 43.4 Å². The molecule has 1 rings (SSSR count). The first kappa shape index (κ1) is 10.9. The van der Waals surface area contributed by atoms with Gasteiger partial charge in [-0.1, -0.05) is 12.1 Å². The van der Waals surface area contributed by atoms with Crippen molar-refractivity contribution in [1.29, 1.82) is 0 Å². The number of ether oxygens (including phenoxy) is 1. The maximum Gasteiger partial charge on any atom is 0.309 e. The van der Waals surface area contributed by atoms with E-state index in [1.54, 1.807) is 30.5 Å². The van der Waals surface area contributed by atoms with Crippen molar-refractivity contribution in [2.24, 2.45) is 0 Å². The Bertz CT molecular complexity index is 343. The largest absolute Gasteiger partial charge is 0.469 e. The number of esters is 1. The lowest BCUT2D eigenvalue weighted by Crippen LogP contribution is -2.04. The van der Waals surface area contributed by atoms with Gasteiger partial charge in [-0.15, -0.1) is 0 Å². The summed E-state index contributed by atoms with van der Waals surface area (Å²) in [4.78, 5) is 11.7. The molecule has 0 aliphatic rings. The van der Waals surface area contributed by atoms with Gasteiger partial charge >= 0.3 is 5.97 Å². The fraction of sp³-hybridized carbons (Fsp3) is 0.300. The van der Waals surface area contributed by atoms with Crippen molar-refractivity contribution in [3.63, 3.8) is 0 Å². The van der Waals surface area contributed by atoms with Gasteiger partial charge in [-0.2, -0.15) is 0 Å². The number of hydrogen-bond donors (Lipinski definition) is 0. The highest BCUT2D eigenvalue weighted by Crippen LogP contribution is 2.08. The Balaban J connectivity index is 2.73. The molecule has 14 heavy (non-hydrogen) atoms. The molecule has 0 heterocycles. The smallest absolute Gasteiger partial charge is 0.309 e.